The number of hydrogen-bond donors (Lipinski definition) is 2. The van der Waals surface area contributed by atoms with Crippen LogP contribution in [0.25, 0.3) is 0 Å². The van der Waals surface area contributed by atoms with Gasteiger partial charge in [-0.3, -0.25) is 0 Å². The van der Waals surface area contributed by atoms with Crippen molar-refractivity contribution in [2.45, 2.75) is 31.2 Å². The van der Waals surface area contributed by atoms with Crippen molar-refractivity contribution in [2.75, 3.05) is 11.9 Å². The maximum Gasteiger partial charge on any atom is 0.242 e. The highest BCUT2D eigenvalue weighted by Crippen LogP contribution is 2.27. The van der Waals surface area contributed by atoms with Crippen LogP contribution >= 0.6 is 0 Å². The van der Waals surface area contributed by atoms with E-state index in [1.54, 1.807) is 31.4 Å². The third-order valence-electron chi connectivity index (χ3n) is 3.14. The van der Waals surface area contributed by atoms with Crippen molar-refractivity contribution in [3.05, 3.63) is 48.4 Å². The molecule has 2 rings (SSSR count). The summed E-state index contributed by atoms with van der Waals surface area (Å²) in [6.07, 6.45) is 2.39. The standard InChI is InChI=1S/C15H20N2O3S/c1-3-12(14-9-7-11-20-14)17-13-8-5-6-10-15(13)21(18,19)16-4-2/h5-12,16-17H,3-4H2,1-2H3. The molecule has 6 heteroatoms. The Kier molecular flexibility index (Phi) is 5.03. The van der Waals surface area contributed by atoms with E-state index in [0.717, 1.165) is 12.2 Å². The molecule has 1 aromatic carbocycles. The average Bonchev–Trinajstić information content (AvgIpc) is 2.99. The largest absolute Gasteiger partial charge is 0.467 e. The molecule has 1 unspecified atom stereocenters. The van der Waals surface area contributed by atoms with Gasteiger partial charge in [0.25, 0.3) is 0 Å². The van der Waals surface area contributed by atoms with Crippen LogP contribution in [-0.4, -0.2) is 15.0 Å². The van der Waals surface area contributed by atoms with E-state index in [1.807, 2.05) is 25.1 Å². The van der Waals surface area contributed by atoms with E-state index in [2.05, 4.69) is 10.0 Å². The Labute approximate surface area is 125 Å². The van der Waals surface area contributed by atoms with Crippen LogP contribution in [-0.2, 0) is 10.0 Å². The second-order valence-corrected chi connectivity index (χ2v) is 6.35. The number of hydrogen-bond acceptors (Lipinski definition) is 4. The molecule has 0 fully saturated rings. The molecule has 5 nitrogen and oxygen atoms in total. The molecule has 1 heterocycles. The van der Waals surface area contributed by atoms with Gasteiger partial charge in [-0.05, 0) is 30.7 Å². The van der Waals surface area contributed by atoms with Crippen molar-refractivity contribution < 1.29 is 12.8 Å². The van der Waals surface area contributed by atoms with Gasteiger partial charge in [0.2, 0.25) is 10.0 Å². The van der Waals surface area contributed by atoms with Crippen molar-refractivity contribution in [2.24, 2.45) is 0 Å². The van der Waals surface area contributed by atoms with E-state index in [0.29, 0.717) is 12.2 Å². The van der Waals surface area contributed by atoms with E-state index < -0.39 is 10.0 Å². The minimum Gasteiger partial charge on any atom is -0.467 e. The van der Waals surface area contributed by atoms with E-state index >= 15 is 0 Å². The lowest BCUT2D eigenvalue weighted by atomic mass is 10.1. The lowest BCUT2D eigenvalue weighted by Crippen LogP contribution is -2.24. The summed E-state index contributed by atoms with van der Waals surface area (Å²) >= 11 is 0. The van der Waals surface area contributed by atoms with E-state index in [-0.39, 0.29) is 10.9 Å². The molecular weight excluding hydrogens is 288 g/mol. The highest BCUT2D eigenvalue weighted by Gasteiger charge is 2.20. The molecule has 21 heavy (non-hydrogen) atoms. The third kappa shape index (κ3) is 3.65. The average molecular weight is 308 g/mol. The molecule has 0 amide bonds. The number of benzene rings is 1. The van der Waals surface area contributed by atoms with Crippen molar-refractivity contribution >= 4 is 15.7 Å². The molecule has 0 aliphatic carbocycles. The van der Waals surface area contributed by atoms with Crippen LogP contribution in [0.15, 0.2) is 52.0 Å². The van der Waals surface area contributed by atoms with Gasteiger partial charge in [-0.15, -0.1) is 0 Å². The lowest BCUT2D eigenvalue weighted by molar-refractivity contribution is 0.473. The highest BCUT2D eigenvalue weighted by atomic mass is 32.2. The molecular formula is C15H20N2O3S. The molecule has 0 aliphatic rings. The predicted molar refractivity (Wildman–Crippen MR) is 82.7 cm³/mol. The Bertz CT molecular complexity index is 666. The molecule has 0 bridgehead atoms. The summed E-state index contributed by atoms with van der Waals surface area (Å²) in [6.45, 7) is 4.12. The predicted octanol–water partition coefficient (Wildman–Crippen LogP) is 3.14. The Morgan fingerprint density at radius 3 is 2.52 bits per heavy atom. The normalized spacial score (nSPS) is 13.0. The first-order chi connectivity index (χ1) is 10.1. The summed E-state index contributed by atoms with van der Waals surface area (Å²) in [6, 6.07) is 10.5. The molecule has 0 radical (unpaired) electrons. The molecule has 0 spiro atoms. The molecule has 2 aromatic rings. The third-order valence-corrected chi connectivity index (χ3v) is 4.74. The van der Waals surface area contributed by atoms with Gasteiger partial charge in [-0.2, -0.15) is 0 Å². The Balaban J connectivity index is 2.32. The molecule has 0 saturated heterocycles. The van der Waals surface area contributed by atoms with Crippen LogP contribution in [0.2, 0.25) is 0 Å². The summed E-state index contributed by atoms with van der Waals surface area (Å²) in [5.41, 5.74) is 0.571. The molecule has 1 aromatic heterocycles. The zero-order chi connectivity index (χ0) is 15.3. The first kappa shape index (κ1) is 15.6. The summed E-state index contributed by atoms with van der Waals surface area (Å²) in [5, 5.41) is 3.25. The van der Waals surface area contributed by atoms with Crippen molar-refractivity contribution in [3.63, 3.8) is 0 Å². The summed E-state index contributed by atoms with van der Waals surface area (Å²) in [7, 11) is -3.51. The minimum atomic E-state index is -3.51. The highest BCUT2D eigenvalue weighted by molar-refractivity contribution is 7.89. The molecule has 0 aliphatic heterocycles. The zero-order valence-corrected chi connectivity index (χ0v) is 13.0. The van der Waals surface area contributed by atoms with Gasteiger partial charge < -0.3 is 9.73 Å². The van der Waals surface area contributed by atoms with E-state index in [4.69, 9.17) is 4.42 Å². The van der Waals surface area contributed by atoms with Crippen LogP contribution in [0.1, 0.15) is 32.1 Å². The van der Waals surface area contributed by atoms with Gasteiger partial charge >= 0.3 is 0 Å². The van der Waals surface area contributed by atoms with Gasteiger partial charge in [0, 0.05) is 6.54 Å². The summed E-state index contributed by atoms with van der Waals surface area (Å²) in [5.74, 6) is 0.785. The fourth-order valence-electron chi connectivity index (χ4n) is 2.14. The first-order valence-electron chi connectivity index (χ1n) is 6.97. The number of anilines is 1. The Morgan fingerprint density at radius 2 is 1.90 bits per heavy atom. The minimum absolute atomic E-state index is 0.0713. The SMILES string of the molecule is CCNS(=O)(=O)c1ccccc1NC(CC)c1ccco1. The van der Waals surface area contributed by atoms with Gasteiger partial charge in [0.05, 0.1) is 18.0 Å². The van der Waals surface area contributed by atoms with Gasteiger partial charge in [-0.25, -0.2) is 13.1 Å². The second kappa shape index (κ2) is 6.78. The first-order valence-corrected chi connectivity index (χ1v) is 8.45. The lowest BCUT2D eigenvalue weighted by Gasteiger charge is -2.18. The number of nitrogens with one attached hydrogen (secondary N) is 2. The fraction of sp³-hybridized carbons (Fsp3) is 0.333. The quantitative estimate of drug-likeness (QED) is 0.824. The van der Waals surface area contributed by atoms with Crippen LogP contribution in [0.5, 0.6) is 0 Å². The second-order valence-electron chi connectivity index (χ2n) is 4.62. The van der Waals surface area contributed by atoms with E-state index in [1.165, 1.54) is 0 Å². The Morgan fingerprint density at radius 1 is 1.14 bits per heavy atom. The van der Waals surface area contributed by atoms with Crippen LogP contribution in [0.3, 0.4) is 0 Å². The smallest absolute Gasteiger partial charge is 0.242 e. The zero-order valence-electron chi connectivity index (χ0n) is 12.2. The fourth-order valence-corrected chi connectivity index (χ4v) is 3.35. The number of furan rings is 1. The number of para-hydroxylation sites is 1. The molecule has 0 saturated carbocycles. The topological polar surface area (TPSA) is 71.3 Å². The summed E-state index contributed by atoms with van der Waals surface area (Å²) in [4.78, 5) is 0.247. The van der Waals surface area contributed by atoms with Gasteiger partial charge in [0.15, 0.2) is 0 Å². The maximum atomic E-state index is 12.2. The molecule has 1 atom stereocenters. The maximum absolute atomic E-state index is 12.2. The van der Waals surface area contributed by atoms with Crippen molar-refractivity contribution in [3.8, 4) is 0 Å². The van der Waals surface area contributed by atoms with Crippen LogP contribution < -0.4 is 10.0 Å². The molecule has 2 N–H and O–H groups in total. The van der Waals surface area contributed by atoms with E-state index in [9.17, 15) is 8.42 Å². The monoisotopic (exact) mass is 308 g/mol. The van der Waals surface area contributed by atoms with Crippen molar-refractivity contribution in [1.29, 1.82) is 0 Å². The van der Waals surface area contributed by atoms with Crippen LogP contribution in [0, 0.1) is 0 Å². The number of sulfonamides is 1. The van der Waals surface area contributed by atoms with Crippen molar-refractivity contribution in [1.82, 2.24) is 4.72 Å². The van der Waals surface area contributed by atoms with Gasteiger partial charge in [0.1, 0.15) is 10.7 Å². The van der Waals surface area contributed by atoms with Gasteiger partial charge in [-0.1, -0.05) is 26.0 Å². The molecule has 114 valence electrons. The Hall–Kier alpha value is -1.79. The summed E-state index contributed by atoms with van der Waals surface area (Å²) < 4.78 is 32.4. The number of rotatable bonds is 7. The van der Waals surface area contributed by atoms with Crippen LogP contribution in [0.4, 0.5) is 5.69 Å².